The largest absolute Gasteiger partial charge is 0.494 e. The first kappa shape index (κ1) is 13.7. The number of fused-ring (bicyclic) bond motifs is 1. The van der Waals surface area contributed by atoms with Crippen LogP contribution >= 0.6 is 11.6 Å². The molecular formula is C15H18ClFN2O. The van der Waals surface area contributed by atoms with Gasteiger partial charge in [0, 0.05) is 18.7 Å². The van der Waals surface area contributed by atoms with Crippen LogP contribution in [0.3, 0.4) is 0 Å². The zero-order valence-corrected chi connectivity index (χ0v) is 12.6. The van der Waals surface area contributed by atoms with Crippen LogP contribution in [0.5, 0.6) is 5.75 Å². The van der Waals surface area contributed by atoms with Gasteiger partial charge >= 0.3 is 0 Å². The van der Waals surface area contributed by atoms with E-state index in [4.69, 9.17) is 16.3 Å². The van der Waals surface area contributed by atoms with Crippen molar-refractivity contribution in [1.29, 1.82) is 0 Å². The Kier molecular flexibility index (Phi) is 3.36. The van der Waals surface area contributed by atoms with Crippen molar-refractivity contribution in [1.82, 2.24) is 9.55 Å². The molecule has 20 heavy (non-hydrogen) atoms. The van der Waals surface area contributed by atoms with E-state index in [9.17, 15) is 4.39 Å². The highest BCUT2D eigenvalue weighted by Gasteiger charge is 2.34. The average Bonchev–Trinajstić information content (AvgIpc) is 2.97. The Balaban J connectivity index is 2.13. The van der Waals surface area contributed by atoms with Gasteiger partial charge in [0.1, 0.15) is 5.82 Å². The number of benzene rings is 1. The first-order chi connectivity index (χ1) is 9.51. The number of hydrogen-bond donors (Lipinski definition) is 0. The van der Waals surface area contributed by atoms with Gasteiger partial charge in [0.05, 0.1) is 23.5 Å². The molecule has 2 aromatic rings. The normalized spacial score (nSPS) is 23.1. The Morgan fingerprint density at radius 2 is 2.25 bits per heavy atom. The van der Waals surface area contributed by atoms with E-state index in [1.807, 2.05) is 6.92 Å². The van der Waals surface area contributed by atoms with Gasteiger partial charge < -0.3 is 9.30 Å². The first-order valence-corrected chi connectivity index (χ1v) is 7.32. The minimum Gasteiger partial charge on any atom is -0.494 e. The van der Waals surface area contributed by atoms with Crippen LogP contribution in [0, 0.1) is 17.7 Å². The molecule has 1 aliphatic rings. The lowest BCUT2D eigenvalue weighted by molar-refractivity contribution is 0.387. The molecule has 0 N–H and O–H groups in total. The van der Waals surface area contributed by atoms with Gasteiger partial charge in [-0.15, -0.1) is 11.6 Å². The Hall–Kier alpha value is -1.29. The molecule has 1 aromatic heterocycles. The van der Waals surface area contributed by atoms with Gasteiger partial charge in [0.2, 0.25) is 0 Å². The fourth-order valence-electron chi connectivity index (χ4n) is 2.69. The molecule has 108 valence electrons. The molecule has 0 aliphatic heterocycles. The predicted octanol–water partition coefficient (Wildman–Crippen LogP) is 4.14. The van der Waals surface area contributed by atoms with Crippen LogP contribution in [0.15, 0.2) is 12.1 Å². The zero-order chi connectivity index (χ0) is 14.4. The third kappa shape index (κ3) is 2.26. The minimum atomic E-state index is -0.391. The van der Waals surface area contributed by atoms with Gasteiger partial charge in [0.15, 0.2) is 11.6 Å². The number of nitrogens with zero attached hydrogens (tertiary/aromatic N) is 2. The Morgan fingerprint density at radius 1 is 1.55 bits per heavy atom. The van der Waals surface area contributed by atoms with E-state index in [0.717, 1.165) is 23.8 Å². The van der Waals surface area contributed by atoms with Crippen LogP contribution in [0.25, 0.3) is 11.0 Å². The topological polar surface area (TPSA) is 27.1 Å². The number of ether oxygens (including phenoxy) is 1. The number of methoxy groups -OCH3 is 1. The van der Waals surface area contributed by atoms with E-state index in [2.05, 4.69) is 16.5 Å². The molecule has 0 bridgehead atoms. The predicted molar refractivity (Wildman–Crippen MR) is 77.8 cm³/mol. The van der Waals surface area contributed by atoms with E-state index < -0.39 is 5.82 Å². The summed E-state index contributed by atoms with van der Waals surface area (Å²) in [6.07, 6.45) is 1.23. The SMILES string of the molecule is COc1cc2c(cc1F)nc(C(C)Cl)n2CC1CC1C. The summed E-state index contributed by atoms with van der Waals surface area (Å²) in [5.41, 5.74) is 1.53. The van der Waals surface area contributed by atoms with Crippen LogP contribution in [-0.2, 0) is 6.54 Å². The second kappa shape index (κ2) is 4.92. The van der Waals surface area contributed by atoms with Crippen LogP contribution in [0.1, 0.15) is 31.5 Å². The summed E-state index contributed by atoms with van der Waals surface area (Å²) >= 11 is 6.23. The summed E-state index contributed by atoms with van der Waals surface area (Å²) in [7, 11) is 1.47. The van der Waals surface area contributed by atoms with Crippen molar-refractivity contribution in [3.8, 4) is 5.75 Å². The molecule has 0 radical (unpaired) electrons. The highest BCUT2D eigenvalue weighted by molar-refractivity contribution is 6.20. The second-order valence-electron chi connectivity index (χ2n) is 5.65. The zero-order valence-electron chi connectivity index (χ0n) is 11.9. The molecular weight excluding hydrogens is 279 g/mol. The Morgan fingerprint density at radius 3 is 2.80 bits per heavy atom. The monoisotopic (exact) mass is 296 g/mol. The maximum absolute atomic E-state index is 13.8. The van der Waals surface area contributed by atoms with Crippen LogP contribution < -0.4 is 4.74 Å². The standard InChI is InChI=1S/C15H18ClFN2O/c1-8-4-10(8)7-19-13-6-14(20-3)11(17)5-12(13)18-15(19)9(2)16/h5-6,8-10H,4,7H2,1-3H3. The summed E-state index contributed by atoms with van der Waals surface area (Å²) < 4.78 is 21.0. The van der Waals surface area contributed by atoms with Crippen molar-refractivity contribution in [2.24, 2.45) is 11.8 Å². The van der Waals surface area contributed by atoms with Gasteiger partial charge in [-0.2, -0.15) is 0 Å². The van der Waals surface area contributed by atoms with E-state index in [-0.39, 0.29) is 11.1 Å². The maximum atomic E-state index is 13.8. The molecule has 1 aliphatic carbocycles. The fourth-order valence-corrected chi connectivity index (χ4v) is 2.85. The van der Waals surface area contributed by atoms with Crippen molar-refractivity contribution in [2.45, 2.75) is 32.2 Å². The number of aromatic nitrogens is 2. The van der Waals surface area contributed by atoms with E-state index in [0.29, 0.717) is 11.4 Å². The number of hydrogen-bond acceptors (Lipinski definition) is 2. The molecule has 0 amide bonds. The Labute approximate surface area is 122 Å². The summed E-state index contributed by atoms with van der Waals surface area (Å²) in [5, 5.41) is -0.203. The van der Waals surface area contributed by atoms with Crippen LogP contribution in [0.4, 0.5) is 4.39 Å². The molecule has 1 fully saturated rings. The molecule has 5 heteroatoms. The smallest absolute Gasteiger partial charge is 0.167 e. The third-order valence-electron chi connectivity index (χ3n) is 4.10. The molecule has 3 rings (SSSR count). The molecule has 1 aromatic carbocycles. The number of rotatable bonds is 4. The second-order valence-corrected chi connectivity index (χ2v) is 6.30. The van der Waals surface area contributed by atoms with Crippen LogP contribution in [-0.4, -0.2) is 16.7 Å². The Bertz CT molecular complexity index is 653. The van der Waals surface area contributed by atoms with Crippen LogP contribution in [0.2, 0.25) is 0 Å². The van der Waals surface area contributed by atoms with Crippen molar-refractivity contribution >= 4 is 22.6 Å². The molecule has 0 spiro atoms. The summed E-state index contributed by atoms with van der Waals surface area (Å²) in [4.78, 5) is 4.49. The van der Waals surface area contributed by atoms with E-state index in [1.54, 1.807) is 6.07 Å². The summed E-state index contributed by atoms with van der Waals surface area (Å²) in [6, 6.07) is 3.14. The van der Waals surface area contributed by atoms with E-state index >= 15 is 0 Å². The third-order valence-corrected chi connectivity index (χ3v) is 4.30. The number of halogens is 2. The van der Waals surface area contributed by atoms with Gasteiger partial charge in [0.25, 0.3) is 0 Å². The summed E-state index contributed by atoms with van der Waals surface area (Å²) in [6.45, 7) is 5.02. The lowest BCUT2D eigenvalue weighted by Crippen LogP contribution is -2.06. The molecule has 1 saturated carbocycles. The molecule has 3 nitrogen and oxygen atoms in total. The fraction of sp³-hybridized carbons (Fsp3) is 0.533. The van der Waals surface area contributed by atoms with Gasteiger partial charge in [-0.1, -0.05) is 6.92 Å². The van der Waals surface area contributed by atoms with Crippen molar-refractivity contribution in [3.63, 3.8) is 0 Å². The maximum Gasteiger partial charge on any atom is 0.167 e. The van der Waals surface area contributed by atoms with Crippen molar-refractivity contribution < 1.29 is 9.13 Å². The van der Waals surface area contributed by atoms with Crippen molar-refractivity contribution in [3.05, 3.63) is 23.8 Å². The lowest BCUT2D eigenvalue weighted by atomic mass is 10.2. The lowest BCUT2D eigenvalue weighted by Gasteiger charge is -2.10. The highest BCUT2D eigenvalue weighted by atomic mass is 35.5. The number of alkyl halides is 1. The highest BCUT2D eigenvalue weighted by Crippen LogP contribution is 2.41. The molecule has 3 unspecified atom stereocenters. The van der Waals surface area contributed by atoms with Crippen molar-refractivity contribution in [2.75, 3.05) is 7.11 Å². The first-order valence-electron chi connectivity index (χ1n) is 6.89. The molecule has 3 atom stereocenters. The number of imidazole rings is 1. The van der Waals surface area contributed by atoms with Gasteiger partial charge in [-0.3, -0.25) is 0 Å². The molecule has 0 saturated heterocycles. The van der Waals surface area contributed by atoms with Gasteiger partial charge in [-0.25, -0.2) is 9.37 Å². The molecule has 1 heterocycles. The van der Waals surface area contributed by atoms with Gasteiger partial charge in [-0.05, 0) is 25.2 Å². The minimum absolute atomic E-state index is 0.203. The average molecular weight is 297 g/mol. The quantitative estimate of drug-likeness (QED) is 0.793. The summed E-state index contributed by atoms with van der Waals surface area (Å²) in [5.74, 6) is 2.06. The van der Waals surface area contributed by atoms with E-state index in [1.165, 1.54) is 19.6 Å².